The van der Waals surface area contributed by atoms with Gasteiger partial charge in [0.25, 0.3) is 5.91 Å². The van der Waals surface area contributed by atoms with Gasteiger partial charge < -0.3 is 14.8 Å². The molecular formula is C22H25FN4O. The number of halogens is 1. The van der Waals surface area contributed by atoms with Gasteiger partial charge in [-0.1, -0.05) is 32.0 Å². The Balaban J connectivity index is 1.90. The van der Waals surface area contributed by atoms with E-state index >= 15 is 0 Å². The van der Waals surface area contributed by atoms with E-state index in [1.165, 1.54) is 12.1 Å². The molecule has 1 heterocycles. The maximum Gasteiger partial charge on any atom is 0.261 e. The van der Waals surface area contributed by atoms with Crippen LogP contribution in [-0.4, -0.2) is 29.5 Å². The fraction of sp³-hybridized carbons (Fsp3) is 0.273. The second-order valence-electron chi connectivity index (χ2n) is 7.24. The fourth-order valence-electron chi connectivity index (χ4n) is 3.07. The van der Waals surface area contributed by atoms with E-state index in [0.717, 1.165) is 17.1 Å². The highest BCUT2D eigenvalue weighted by molar-refractivity contribution is 6.06. The summed E-state index contributed by atoms with van der Waals surface area (Å²) in [4.78, 5) is 23.9. The number of nitrogens with zero attached hydrogens (tertiary/aromatic N) is 3. The SMILES string of the molecule is CC(C)CN(C(=O)c1ccccc1F)c1cccc(N(C)Cc2cnc[nH]2)c1. The smallest absolute Gasteiger partial charge is 0.261 e. The Morgan fingerprint density at radius 2 is 1.89 bits per heavy atom. The van der Waals surface area contributed by atoms with Crippen LogP contribution in [0.2, 0.25) is 0 Å². The van der Waals surface area contributed by atoms with E-state index in [-0.39, 0.29) is 17.4 Å². The monoisotopic (exact) mass is 380 g/mol. The Morgan fingerprint density at radius 3 is 2.57 bits per heavy atom. The van der Waals surface area contributed by atoms with E-state index in [9.17, 15) is 9.18 Å². The van der Waals surface area contributed by atoms with Crippen LogP contribution >= 0.6 is 0 Å². The molecule has 0 saturated carbocycles. The summed E-state index contributed by atoms with van der Waals surface area (Å²) in [5.74, 6) is -0.601. The van der Waals surface area contributed by atoms with Crippen molar-refractivity contribution in [2.45, 2.75) is 20.4 Å². The number of hydrogen-bond donors (Lipinski definition) is 1. The molecule has 28 heavy (non-hydrogen) atoms. The molecule has 0 bridgehead atoms. The molecule has 0 aliphatic carbocycles. The summed E-state index contributed by atoms with van der Waals surface area (Å²) < 4.78 is 14.2. The molecule has 0 saturated heterocycles. The molecule has 1 amide bonds. The third-order valence-corrected chi connectivity index (χ3v) is 4.44. The van der Waals surface area contributed by atoms with Gasteiger partial charge in [0.15, 0.2) is 0 Å². The van der Waals surface area contributed by atoms with Crippen molar-refractivity contribution in [2.24, 2.45) is 5.92 Å². The summed E-state index contributed by atoms with van der Waals surface area (Å²) in [5.41, 5.74) is 2.78. The molecule has 0 unspecified atom stereocenters. The van der Waals surface area contributed by atoms with Crippen molar-refractivity contribution in [3.63, 3.8) is 0 Å². The lowest BCUT2D eigenvalue weighted by Crippen LogP contribution is -2.35. The molecule has 6 heteroatoms. The number of benzene rings is 2. The van der Waals surface area contributed by atoms with E-state index in [1.807, 2.05) is 45.2 Å². The normalized spacial score (nSPS) is 10.9. The van der Waals surface area contributed by atoms with Crippen LogP contribution in [0.4, 0.5) is 15.8 Å². The molecular weight excluding hydrogens is 355 g/mol. The lowest BCUT2D eigenvalue weighted by atomic mass is 10.1. The number of aromatic amines is 1. The van der Waals surface area contributed by atoms with Gasteiger partial charge in [-0.05, 0) is 36.2 Å². The van der Waals surface area contributed by atoms with Crippen LogP contribution in [0.3, 0.4) is 0 Å². The van der Waals surface area contributed by atoms with Crippen LogP contribution in [0, 0.1) is 11.7 Å². The molecule has 5 nitrogen and oxygen atoms in total. The lowest BCUT2D eigenvalue weighted by Gasteiger charge is -2.27. The molecule has 0 atom stereocenters. The van der Waals surface area contributed by atoms with Crippen molar-refractivity contribution >= 4 is 17.3 Å². The van der Waals surface area contributed by atoms with Crippen molar-refractivity contribution < 1.29 is 9.18 Å². The first kappa shape index (κ1) is 19.6. The first-order valence-corrected chi connectivity index (χ1v) is 9.30. The molecule has 0 aliphatic heterocycles. The average Bonchev–Trinajstić information content (AvgIpc) is 3.19. The van der Waals surface area contributed by atoms with E-state index < -0.39 is 5.82 Å². The maximum atomic E-state index is 14.2. The van der Waals surface area contributed by atoms with Crippen molar-refractivity contribution in [3.8, 4) is 0 Å². The number of aromatic nitrogens is 2. The van der Waals surface area contributed by atoms with Gasteiger partial charge in [0.1, 0.15) is 5.82 Å². The largest absolute Gasteiger partial charge is 0.369 e. The zero-order valence-corrected chi connectivity index (χ0v) is 16.4. The molecule has 3 aromatic rings. The minimum absolute atomic E-state index is 0.0827. The van der Waals surface area contributed by atoms with Gasteiger partial charge in [-0.2, -0.15) is 0 Å². The standard InChI is InChI=1S/C22H25FN4O/c1-16(2)13-27(22(28)20-9-4-5-10-21(20)23)19-8-6-7-18(11-19)26(3)14-17-12-24-15-25-17/h4-12,15-16H,13-14H2,1-3H3,(H,24,25). The van der Waals surface area contributed by atoms with E-state index in [4.69, 9.17) is 0 Å². The number of carbonyl (C=O) groups is 1. The highest BCUT2D eigenvalue weighted by Gasteiger charge is 2.22. The Bertz CT molecular complexity index is 924. The summed E-state index contributed by atoms with van der Waals surface area (Å²) in [6.45, 7) is 5.24. The molecule has 0 spiro atoms. The Labute approximate surface area is 164 Å². The minimum atomic E-state index is -0.506. The quantitative estimate of drug-likeness (QED) is 0.657. The number of H-pyrrole nitrogens is 1. The van der Waals surface area contributed by atoms with E-state index in [2.05, 4.69) is 14.9 Å². The third kappa shape index (κ3) is 4.57. The van der Waals surface area contributed by atoms with Crippen LogP contribution < -0.4 is 9.80 Å². The highest BCUT2D eigenvalue weighted by Crippen LogP contribution is 2.25. The second-order valence-corrected chi connectivity index (χ2v) is 7.24. The van der Waals surface area contributed by atoms with Crippen LogP contribution in [0.25, 0.3) is 0 Å². The topological polar surface area (TPSA) is 52.2 Å². The number of carbonyl (C=O) groups excluding carboxylic acids is 1. The summed E-state index contributed by atoms with van der Waals surface area (Å²) in [5, 5.41) is 0. The molecule has 1 N–H and O–H groups in total. The van der Waals surface area contributed by atoms with Crippen LogP contribution in [-0.2, 0) is 6.54 Å². The summed E-state index contributed by atoms with van der Waals surface area (Å²) >= 11 is 0. The number of amides is 1. The number of nitrogens with one attached hydrogen (secondary N) is 1. The highest BCUT2D eigenvalue weighted by atomic mass is 19.1. The number of anilines is 2. The van der Waals surface area contributed by atoms with E-state index in [1.54, 1.807) is 29.6 Å². The number of hydrogen-bond acceptors (Lipinski definition) is 3. The zero-order valence-electron chi connectivity index (χ0n) is 16.4. The first-order valence-electron chi connectivity index (χ1n) is 9.30. The van der Waals surface area contributed by atoms with Crippen molar-refractivity contribution in [2.75, 3.05) is 23.4 Å². The second kappa shape index (κ2) is 8.69. The third-order valence-electron chi connectivity index (χ3n) is 4.44. The minimum Gasteiger partial charge on any atom is -0.369 e. The predicted molar refractivity (Wildman–Crippen MR) is 110 cm³/mol. The van der Waals surface area contributed by atoms with Crippen LogP contribution in [0.5, 0.6) is 0 Å². The summed E-state index contributed by atoms with van der Waals surface area (Å²) in [6.07, 6.45) is 3.43. The predicted octanol–water partition coefficient (Wildman–Crippen LogP) is 4.49. The van der Waals surface area contributed by atoms with Gasteiger partial charge in [0, 0.05) is 31.2 Å². The Kier molecular flexibility index (Phi) is 6.09. The van der Waals surface area contributed by atoms with Gasteiger partial charge in [0.2, 0.25) is 0 Å². The summed E-state index contributed by atoms with van der Waals surface area (Å²) in [7, 11) is 1.98. The van der Waals surface area contributed by atoms with Gasteiger partial charge >= 0.3 is 0 Å². The van der Waals surface area contributed by atoms with Gasteiger partial charge in [-0.3, -0.25) is 4.79 Å². The van der Waals surface area contributed by atoms with E-state index in [0.29, 0.717) is 13.1 Å². The van der Waals surface area contributed by atoms with Crippen LogP contribution in [0.15, 0.2) is 61.1 Å². The molecule has 146 valence electrons. The lowest BCUT2D eigenvalue weighted by molar-refractivity contribution is 0.0980. The molecule has 2 aromatic carbocycles. The number of imidazole rings is 1. The molecule has 0 radical (unpaired) electrons. The molecule has 1 aromatic heterocycles. The van der Waals surface area contributed by atoms with Crippen molar-refractivity contribution in [1.82, 2.24) is 9.97 Å². The van der Waals surface area contributed by atoms with Crippen LogP contribution in [0.1, 0.15) is 29.9 Å². The van der Waals surface area contributed by atoms with Crippen molar-refractivity contribution in [1.29, 1.82) is 0 Å². The van der Waals surface area contributed by atoms with Gasteiger partial charge in [-0.25, -0.2) is 9.37 Å². The van der Waals surface area contributed by atoms with Gasteiger partial charge in [-0.15, -0.1) is 0 Å². The average molecular weight is 380 g/mol. The molecule has 3 rings (SSSR count). The summed E-state index contributed by atoms with van der Waals surface area (Å²) in [6, 6.07) is 13.8. The Hall–Kier alpha value is -3.15. The zero-order chi connectivity index (χ0) is 20.1. The van der Waals surface area contributed by atoms with Gasteiger partial charge in [0.05, 0.1) is 24.1 Å². The first-order chi connectivity index (χ1) is 13.5. The fourth-order valence-corrected chi connectivity index (χ4v) is 3.07. The van der Waals surface area contributed by atoms with Crippen molar-refractivity contribution in [3.05, 3.63) is 78.1 Å². The molecule has 0 aliphatic rings. The molecule has 0 fully saturated rings. The number of rotatable bonds is 7. The maximum absolute atomic E-state index is 14.2. The Morgan fingerprint density at radius 1 is 1.14 bits per heavy atom.